The Morgan fingerprint density at radius 1 is 1.20 bits per heavy atom. The van der Waals surface area contributed by atoms with Crippen LogP contribution in [0.25, 0.3) is 0 Å². The molecule has 0 spiro atoms. The highest BCUT2D eigenvalue weighted by atomic mass is 19.4. The van der Waals surface area contributed by atoms with E-state index in [0.717, 1.165) is 44.6 Å². The Bertz CT molecular complexity index is 686. The molecule has 0 radical (unpaired) electrons. The summed E-state index contributed by atoms with van der Waals surface area (Å²) in [4.78, 5) is 18.5. The zero-order valence-electron chi connectivity index (χ0n) is 18.6. The van der Waals surface area contributed by atoms with Gasteiger partial charge in [0.2, 0.25) is 0 Å². The van der Waals surface area contributed by atoms with Crippen molar-refractivity contribution in [2.75, 3.05) is 26.2 Å². The molecular formula is C22H35F3N3O2+. The van der Waals surface area contributed by atoms with E-state index in [2.05, 4.69) is 24.2 Å². The molecule has 1 aromatic carbocycles. The number of alkyl halides is 3. The van der Waals surface area contributed by atoms with Crippen LogP contribution in [0.15, 0.2) is 29.3 Å². The SMILES string of the molecule is CC[NH+](CC)CCC[C@@H](C)N=C(NC(=O)c1cccc(C(F)(F)F)c1)OCC(C)C. The molecule has 0 fully saturated rings. The molecule has 0 aliphatic rings. The van der Waals surface area contributed by atoms with Gasteiger partial charge in [-0.3, -0.25) is 10.1 Å². The van der Waals surface area contributed by atoms with Crippen LogP contribution in [0.4, 0.5) is 13.2 Å². The molecule has 1 rings (SSSR count). The molecule has 5 nitrogen and oxygen atoms in total. The minimum Gasteiger partial charge on any atom is -0.465 e. The topological polar surface area (TPSA) is 55.1 Å². The quantitative estimate of drug-likeness (QED) is 0.441. The zero-order valence-corrected chi connectivity index (χ0v) is 18.6. The third kappa shape index (κ3) is 9.61. The Morgan fingerprint density at radius 3 is 2.43 bits per heavy atom. The number of halogens is 3. The van der Waals surface area contributed by atoms with Crippen molar-refractivity contribution >= 4 is 11.9 Å². The predicted octanol–water partition coefficient (Wildman–Crippen LogP) is 3.56. The average molecular weight is 431 g/mol. The van der Waals surface area contributed by atoms with Crippen molar-refractivity contribution in [3.05, 3.63) is 35.4 Å². The van der Waals surface area contributed by atoms with E-state index in [9.17, 15) is 18.0 Å². The first-order valence-corrected chi connectivity index (χ1v) is 10.6. The van der Waals surface area contributed by atoms with E-state index in [1.165, 1.54) is 17.0 Å². The molecule has 1 aromatic rings. The number of hydrogen-bond acceptors (Lipinski definition) is 3. The van der Waals surface area contributed by atoms with Gasteiger partial charge < -0.3 is 9.64 Å². The largest absolute Gasteiger partial charge is 0.465 e. The Morgan fingerprint density at radius 2 is 1.87 bits per heavy atom. The summed E-state index contributed by atoms with van der Waals surface area (Å²) < 4.78 is 44.4. The number of benzene rings is 1. The van der Waals surface area contributed by atoms with Crippen molar-refractivity contribution < 1.29 is 27.6 Å². The molecular weight excluding hydrogens is 395 g/mol. The van der Waals surface area contributed by atoms with E-state index in [1.807, 2.05) is 20.8 Å². The van der Waals surface area contributed by atoms with E-state index < -0.39 is 17.6 Å². The van der Waals surface area contributed by atoms with Gasteiger partial charge in [0.25, 0.3) is 11.9 Å². The lowest BCUT2D eigenvalue weighted by atomic mass is 10.1. The van der Waals surface area contributed by atoms with Crippen LogP contribution in [0.2, 0.25) is 0 Å². The molecule has 170 valence electrons. The molecule has 8 heteroatoms. The Hall–Kier alpha value is -2.09. The maximum Gasteiger partial charge on any atom is 0.416 e. The fourth-order valence-electron chi connectivity index (χ4n) is 2.87. The molecule has 0 aliphatic carbocycles. The number of rotatable bonds is 10. The van der Waals surface area contributed by atoms with Gasteiger partial charge in [-0.05, 0) is 57.7 Å². The second-order valence-electron chi connectivity index (χ2n) is 7.87. The molecule has 0 bridgehead atoms. The van der Waals surface area contributed by atoms with Crippen molar-refractivity contribution in [2.24, 2.45) is 10.9 Å². The van der Waals surface area contributed by atoms with Crippen molar-refractivity contribution in [3.63, 3.8) is 0 Å². The van der Waals surface area contributed by atoms with Crippen LogP contribution in [0, 0.1) is 5.92 Å². The van der Waals surface area contributed by atoms with Crippen LogP contribution in [0.3, 0.4) is 0 Å². The third-order valence-corrected chi connectivity index (χ3v) is 4.72. The highest BCUT2D eigenvalue weighted by Gasteiger charge is 2.31. The summed E-state index contributed by atoms with van der Waals surface area (Å²) in [5, 5.41) is 2.54. The summed E-state index contributed by atoms with van der Waals surface area (Å²) in [7, 11) is 0. The molecule has 30 heavy (non-hydrogen) atoms. The summed E-state index contributed by atoms with van der Waals surface area (Å²) in [6.45, 7) is 13.7. The molecule has 1 amide bonds. The molecule has 2 N–H and O–H groups in total. The van der Waals surface area contributed by atoms with Gasteiger partial charge in [-0.2, -0.15) is 13.2 Å². The van der Waals surface area contributed by atoms with E-state index in [-0.39, 0.29) is 23.5 Å². The monoisotopic (exact) mass is 430 g/mol. The number of ether oxygens (including phenoxy) is 1. The van der Waals surface area contributed by atoms with Gasteiger partial charge >= 0.3 is 6.18 Å². The maximum atomic E-state index is 12.9. The lowest BCUT2D eigenvalue weighted by Crippen LogP contribution is -3.11. The summed E-state index contributed by atoms with van der Waals surface area (Å²) in [5.41, 5.74) is -0.965. The van der Waals surface area contributed by atoms with Gasteiger partial charge in [0.1, 0.15) is 0 Å². The lowest BCUT2D eigenvalue weighted by Gasteiger charge is -2.17. The standard InChI is InChI=1S/C22H34F3N3O2/c1-6-28(7-2)13-9-10-17(5)26-21(30-15-16(3)4)27-20(29)18-11-8-12-19(14-18)22(23,24)25/h8,11-12,14,16-17H,6-7,9-10,13,15H2,1-5H3,(H,26,27,29)/p+1/t17-/m1/s1. The van der Waals surface area contributed by atoms with E-state index >= 15 is 0 Å². The second-order valence-corrected chi connectivity index (χ2v) is 7.87. The average Bonchev–Trinajstić information content (AvgIpc) is 2.68. The fourth-order valence-corrected chi connectivity index (χ4v) is 2.87. The summed E-state index contributed by atoms with van der Waals surface area (Å²) in [6.07, 6.45) is -2.69. The lowest BCUT2D eigenvalue weighted by molar-refractivity contribution is -0.896. The second kappa shape index (κ2) is 12.6. The summed E-state index contributed by atoms with van der Waals surface area (Å²) in [6, 6.07) is 4.27. The van der Waals surface area contributed by atoms with Crippen LogP contribution in [0.5, 0.6) is 0 Å². The van der Waals surface area contributed by atoms with Gasteiger partial charge in [0, 0.05) is 5.56 Å². The minimum absolute atomic E-state index is 0.0498. The number of nitrogens with one attached hydrogen (secondary N) is 2. The molecule has 0 saturated carbocycles. The Balaban J connectivity index is 2.84. The third-order valence-electron chi connectivity index (χ3n) is 4.72. The van der Waals surface area contributed by atoms with Gasteiger partial charge in [-0.1, -0.05) is 19.9 Å². The Kier molecular flexibility index (Phi) is 10.9. The van der Waals surface area contributed by atoms with E-state index in [0.29, 0.717) is 6.61 Å². The van der Waals surface area contributed by atoms with Crippen molar-refractivity contribution in [3.8, 4) is 0 Å². The first kappa shape index (κ1) is 25.9. The number of aliphatic imine (C=N–C) groups is 1. The maximum absolute atomic E-state index is 12.9. The molecule has 0 heterocycles. The van der Waals surface area contributed by atoms with Gasteiger partial charge in [0.15, 0.2) is 0 Å². The molecule has 0 saturated heterocycles. The number of nitrogens with zero attached hydrogens (tertiary/aromatic N) is 1. The number of amides is 1. The van der Waals surface area contributed by atoms with E-state index in [4.69, 9.17) is 4.74 Å². The highest BCUT2D eigenvalue weighted by molar-refractivity contribution is 6.04. The summed E-state index contributed by atoms with van der Waals surface area (Å²) >= 11 is 0. The number of amidine groups is 1. The van der Waals surface area contributed by atoms with Crippen molar-refractivity contribution in [1.29, 1.82) is 0 Å². The van der Waals surface area contributed by atoms with Crippen molar-refractivity contribution in [1.82, 2.24) is 5.32 Å². The first-order valence-electron chi connectivity index (χ1n) is 10.6. The Labute approximate surface area is 177 Å². The van der Waals surface area contributed by atoms with Crippen LogP contribution >= 0.6 is 0 Å². The first-order chi connectivity index (χ1) is 14.1. The number of carbonyl (C=O) groups is 1. The highest BCUT2D eigenvalue weighted by Crippen LogP contribution is 2.29. The zero-order chi connectivity index (χ0) is 22.7. The summed E-state index contributed by atoms with van der Waals surface area (Å²) in [5.74, 6) is -0.467. The van der Waals surface area contributed by atoms with Gasteiger partial charge in [-0.25, -0.2) is 4.99 Å². The fraction of sp³-hybridized carbons (Fsp3) is 0.636. The van der Waals surface area contributed by atoms with Crippen LogP contribution in [0.1, 0.15) is 63.4 Å². The number of quaternary nitrogens is 1. The van der Waals surface area contributed by atoms with Crippen molar-refractivity contribution in [2.45, 2.75) is 59.7 Å². The van der Waals surface area contributed by atoms with Gasteiger partial charge in [-0.15, -0.1) is 0 Å². The molecule has 0 aromatic heterocycles. The number of carbonyl (C=O) groups excluding carboxylic acids is 1. The normalized spacial score (nSPS) is 13.6. The minimum atomic E-state index is -4.51. The van der Waals surface area contributed by atoms with Crippen LogP contribution in [-0.4, -0.2) is 44.2 Å². The molecule has 1 atom stereocenters. The smallest absolute Gasteiger partial charge is 0.416 e. The van der Waals surface area contributed by atoms with Crippen LogP contribution in [-0.2, 0) is 10.9 Å². The predicted molar refractivity (Wildman–Crippen MR) is 113 cm³/mol. The van der Waals surface area contributed by atoms with Crippen LogP contribution < -0.4 is 10.2 Å². The van der Waals surface area contributed by atoms with E-state index in [1.54, 1.807) is 0 Å². The number of hydrogen-bond donors (Lipinski definition) is 2. The van der Waals surface area contributed by atoms with Gasteiger partial charge in [0.05, 0.1) is 37.8 Å². The molecule has 0 aliphatic heterocycles. The molecule has 0 unspecified atom stereocenters.